The highest BCUT2D eigenvalue weighted by Gasteiger charge is 2.32. The van der Waals surface area contributed by atoms with Gasteiger partial charge < -0.3 is 15.5 Å². The molecule has 160 valence electrons. The smallest absolute Gasteiger partial charge is 0.225 e. The number of benzene rings is 1. The average molecular weight is 409 g/mol. The lowest BCUT2D eigenvalue weighted by Gasteiger charge is -2.21. The van der Waals surface area contributed by atoms with E-state index in [0.29, 0.717) is 12.5 Å². The zero-order valence-electron chi connectivity index (χ0n) is 17.8. The third-order valence-electron chi connectivity index (χ3n) is 6.10. The first-order chi connectivity index (χ1) is 14.7. The van der Waals surface area contributed by atoms with Crippen LogP contribution in [0.4, 0.5) is 0 Å². The van der Waals surface area contributed by atoms with Crippen molar-refractivity contribution in [2.45, 2.75) is 51.2 Å². The minimum Gasteiger partial charge on any atom is -0.352 e. The zero-order chi connectivity index (χ0) is 20.8. The third kappa shape index (κ3) is 5.20. The fraction of sp³-hybridized carbons (Fsp3) is 0.522. The maximum absolute atomic E-state index is 12.6. The number of aliphatic imine (C=N–C) groups is 1. The average Bonchev–Trinajstić information content (AvgIpc) is 3.53. The summed E-state index contributed by atoms with van der Waals surface area (Å²) in [5.74, 6) is 1.38. The van der Waals surface area contributed by atoms with E-state index in [1.54, 1.807) is 7.05 Å². The number of guanidine groups is 1. The van der Waals surface area contributed by atoms with Crippen LogP contribution in [0.15, 0.2) is 47.7 Å². The number of likely N-dealkylation sites (tertiary alicyclic amines) is 1. The van der Waals surface area contributed by atoms with Crippen LogP contribution < -0.4 is 10.6 Å². The van der Waals surface area contributed by atoms with Crippen LogP contribution in [0.3, 0.4) is 0 Å². The van der Waals surface area contributed by atoms with Gasteiger partial charge in [0, 0.05) is 50.4 Å². The quantitative estimate of drug-likeness (QED) is 0.569. The van der Waals surface area contributed by atoms with Gasteiger partial charge in [0.25, 0.3) is 0 Å². The Morgan fingerprint density at radius 1 is 1.17 bits per heavy atom. The molecule has 1 aromatic heterocycles. The summed E-state index contributed by atoms with van der Waals surface area (Å²) in [5, 5.41) is 11.3. The van der Waals surface area contributed by atoms with Crippen molar-refractivity contribution < 1.29 is 4.79 Å². The first-order valence-electron chi connectivity index (χ1n) is 11.0. The zero-order valence-corrected chi connectivity index (χ0v) is 17.8. The van der Waals surface area contributed by atoms with Crippen molar-refractivity contribution in [1.29, 1.82) is 0 Å². The fourth-order valence-corrected chi connectivity index (χ4v) is 4.44. The summed E-state index contributed by atoms with van der Waals surface area (Å²) in [6.07, 6.45) is 9.44. The SMILES string of the molecule is CN=C(NCc1cnn(Cc2ccccc2)c1)NC1CCN(C(=O)C2CCCC2)C1. The van der Waals surface area contributed by atoms with E-state index in [9.17, 15) is 4.79 Å². The molecule has 7 heteroatoms. The number of hydrogen-bond acceptors (Lipinski definition) is 3. The predicted molar refractivity (Wildman–Crippen MR) is 118 cm³/mol. The summed E-state index contributed by atoms with van der Waals surface area (Å²) in [6, 6.07) is 10.6. The van der Waals surface area contributed by atoms with E-state index in [4.69, 9.17) is 0 Å². The molecule has 4 rings (SSSR count). The normalized spacial score (nSPS) is 20.0. The number of amides is 1. The number of carbonyl (C=O) groups excluding carboxylic acids is 1. The number of nitrogens with zero attached hydrogens (tertiary/aromatic N) is 4. The van der Waals surface area contributed by atoms with Gasteiger partial charge in [-0.25, -0.2) is 0 Å². The largest absolute Gasteiger partial charge is 0.352 e. The van der Waals surface area contributed by atoms with Crippen molar-refractivity contribution in [3.8, 4) is 0 Å². The van der Waals surface area contributed by atoms with Crippen LogP contribution in [0.2, 0.25) is 0 Å². The molecule has 1 aliphatic heterocycles. The monoisotopic (exact) mass is 408 g/mol. The van der Waals surface area contributed by atoms with E-state index < -0.39 is 0 Å². The number of hydrogen-bond donors (Lipinski definition) is 2. The summed E-state index contributed by atoms with van der Waals surface area (Å²) < 4.78 is 1.95. The standard InChI is InChI=1S/C23H32N6O/c1-24-23(27-21-11-12-28(17-21)22(30)20-9-5-6-10-20)25-13-19-14-26-29(16-19)15-18-7-3-2-4-8-18/h2-4,7-8,14,16,20-21H,5-6,9-13,15,17H2,1H3,(H2,24,25,27). The van der Waals surface area contributed by atoms with Crippen molar-refractivity contribution in [3.05, 3.63) is 53.9 Å². The predicted octanol–water partition coefficient (Wildman–Crippen LogP) is 2.39. The van der Waals surface area contributed by atoms with Gasteiger partial charge in [-0.15, -0.1) is 0 Å². The summed E-state index contributed by atoms with van der Waals surface area (Å²) in [5.41, 5.74) is 2.34. The molecule has 1 saturated heterocycles. The lowest BCUT2D eigenvalue weighted by molar-refractivity contribution is -0.134. The van der Waals surface area contributed by atoms with Gasteiger partial charge in [0.05, 0.1) is 12.7 Å². The molecule has 1 atom stereocenters. The Morgan fingerprint density at radius 3 is 2.73 bits per heavy atom. The van der Waals surface area contributed by atoms with Gasteiger partial charge in [-0.3, -0.25) is 14.5 Å². The van der Waals surface area contributed by atoms with Crippen molar-refractivity contribution in [3.63, 3.8) is 0 Å². The van der Waals surface area contributed by atoms with Crippen LogP contribution >= 0.6 is 0 Å². The Labute approximate surface area is 178 Å². The maximum atomic E-state index is 12.6. The molecular weight excluding hydrogens is 376 g/mol. The molecule has 1 amide bonds. The molecule has 0 radical (unpaired) electrons. The van der Waals surface area contributed by atoms with Crippen molar-refractivity contribution in [2.75, 3.05) is 20.1 Å². The molecule has 1 aliphatic carbocycles. The van der Waals surface area contributed by atoms with Crippen LogP contribution in [0.25, 0.3) is 0 Å². The van der Waals surface area contributed by atoms with E-state index in [2.05, 4.69) is 39.1 Å². The van der Waals surface area contributed by atoms with Gasteiger partial charge in [0.1, 0.15) is 0 Å². The maximum Gasteiger partial charge on any atom is 0.225 e. The molecular formula is C23H32N6O. The highest BCUT2D eigenvalue weighted by atomic mass is 16.2. The summed E-state index contributed by atoms with van der Waals surface area (Å²) in [7, 11) is 1.78. The molecule has 0 bridgehead atoms. The Bertz CT molecular complexity index is 856. The molecule has 2 fully saturated rings. The summed E-state index contributed by atoms with van der Waals surface area (Å²) >= 11 is 0. The number of carbonyl (C=O) groups is 1. The first kappa shape index (κ1) is 20.4. The highest BCUT2D eigenvalue weighted by Crippen LogP contribution is 2.27. The number of nitrogens with one attached hydrogen (secondary N) is 2. The number of aromatic nitrogens is 2. The molecule has 2 heterocycles. The molecule has 0 spiro atoms. The van der Waals surface area contributed by atoms with Crippen LogP contribution in [0, 0.1) is 5.92 Å². The second-order valence-corrected chi connectivity index (χ2v) is 8.35. The Kier molecular flexibility index (Phi) is 6.67. The van der Waals surface area contributed by atoms with Crippen LogP contribution in [0.5, 0.6) is 0 Å². The molecule has 2 N–H and O–H groups in total. The van der Waals surface area contributed by atoms with Gasteiger partial charge >= 0.3 is 0 Å². The van der Waals surface area contributed by atoms with Gasteiger partial charge in [-0.2, -0.15) is 5.10 Å². The highest BCUT2D eigenvalue weighted by molar-refractivity contribution is 5.81. The molecule has 30 heavy (non-hydrogen) atoms. The van der Waals surface area contributed by atoms with Crippen molar-refractivity contribution in [1.82, 2.24) is 25.3 Å². The molecule has 2 aliphatic rings. The fourth-order valence-electron chi connectivity index (χ4n) is 4.44. The van der Waals surface area contributed by atoms with Crippen LogP contribution in [-0.2, 0) is 17.9 Å². The van der Waals surface area contributed by atoms with Crippen LogP contribution in [-0.4, -0.2) is 52.7 Å². The van der Waals surface area contributed by atoms with Gasteiger partial charge in [0.2, 0.25) is 5.91 Å². The van der Waals surface area contributed by atoms with Crippen molar-refractivity contribution >= 4 is 11.9 Å². The van der Waals surface area contributed by atoms with Crippen LogP contribution in [0.1, 0.15) is 43.2 Å². The second-order valence-electron chi connectivity index (χ2n) is 8.35. The van der Waals surface area contributed by atoms with Gasteiger partial charge in [-0.05, 0) is 24.8 Å². The minimum absolute atomic E-state index is 0.252. The minimum atomic E-state index is 0.252. The van der Waals surface area contributed by atoms with E-state index >= 15 is 0 Å². The van der Waals surface area contributed by atoms with E-state index in [0.717, 1.165) is 50.4 Å². The van der Waals surface area contributed by atoms with Gasteiger partial charge in [-0.1, -0.05) is 43.2 Å². The first-order valence-corrected chi connectivity index (χ1v) is 11.0. The van der Waals surface area contributed by atoms with Gasteiger partial charge in [0.15, 0.2) is 5.96 Å². The van der Waals surface area contributed by atoms with Crippen molar-refractivity contribution in [2.24, 2.45) is 10.9 Å². The Morgan fingerprint density at radius 2 is 1.97 bits per heavy atom. The third-order valence-corrected chi connectivity index (χ3v) is 6.10. The van der Waals surface area contributed by atoms with E-state index in [1.807, 2.05) is 34.0 Å². The molecule has 2 aromatic rings. The molecule has 7 nitrogen and oxygen atoms in total. The lowest BCUT2D eigenvalue weighted by atomic mass is 10.1. The van der Waals surface area contributed by atoms with E-state index in [-0.39, 0.29) is 12.0 Å². The topological polar surface area (TPSA) is 74.6 Å². The molecule has 1 unspecified atom stereocenters. The summed E-state index contributed by atoms with van der Waals surface area (Å²) in [4.78, 5) is 19.0. The number of rotatable bonds is 6. The van der Waals surface area contributed by atoms with E-state index in [1.165, 1.54) is 18.4 Å². The Hall–Kier alpha value is -2.83. The summed E-state index contributed by atoms with van der Waals surface area (Å²) in [6.45, 7) is 3.04. The molecule has 1 saturated carbocycles. The molecule has 1 aromatic carbocycles. The Balaban J connectivity index is 1.23. The second kappa shape index (κ2) is 9.78. The lowest BCUT2D eigenvalue weighted by Crippen LogP contribution is -2.45.